The standard InChI is InChI=1S/C20H15BrN2O3S/c1-26-16-7-6-12(21)8-11(16)10-22-20(25)17-9-14-18(27-17)13-4-2-3-5-15(13)23-19(14)24/h2-9H,10H2,1H3,(H,22,25)(H,23,24). The van der Waals surface area contributed by atoms with E-state index in [1.807, 2.05) is 42.5 Å². The number of H-pyrrole nitrogens is 1. The van der Waals surface area contributed by atoms with Crippen molar-refractivity contribution >= 4 is 54.2 Å². The molecule has 2 heterocycles. The van der Waals surface area contributed by atoms with Gasteiger partial charge in [0.25, 0.3) is 11.5 Å². The van der Waals surface area contributed by atoms with Crippen molar-refractivity contribution in [3.63, 3.8) is 0 Å². The second-order valence-corrected chi connectivity index (χ2v) is 7.96. The molecule has 7 heteroatoms. The van der Waals surface area contributed by atoms with Crippen molar-refractivity contribution in [2.75, 3.05) is 7.11 Å². The van der Waals surface area contributed by atoms with E-state index in [9.17, 15) is 9.59 Å². The van der Waals surface area contributed by atoms with Gasteiger partial charge in [0.1, 0.15) is 5.75 Å². The molecule has 27 heavy (non-hydrogen) atoms. The van der Waals surface area contributed by atoms with Crippen LogP contribution in [0.3, 0.4) is 0 Å². The molecule has 0 radical (unpaired) electrons. The summed E-state index contributed by atoms with van der Waals surface area (Å²) in [6.07, 6.45) is 0. The van der Waals surface area contributed by atoms with Gasteiger partial charge in [-0.05, 0) is 30.3 Å². The molecule has 0 saturated heterocycles. The van der Waals surface area contributed by atoms with Crippen LogP contribution >= 0.6 is 27.3 Å². The van der Waals surface area contributed by atoms with Crippen LogP contribution in [0.1, 0.15) is 15.2 Å². The minimum absolute atomic E-state index is 0.187. The predicted octanol–water partition coefficient (Wildman–Crippen LogP) is 4.44. The summed E-state index contributed by atoms with van der Waals surface area (Å²) < 4.78 is 7.06. The van der Waals surface area contributed by atoms with Crippen LogP contribution in [0.25, 0.3) is 21.0 Å². The molecule has 0 aliphatic rings. The van der Waals surface area contributed by atoms with Crippen molar-refractivity contribution in [1.82, 2.24) is 10.3 Å². The highest BCUT2D eigenvalue weighted by Gasteiger charge is 2.15. The zero-order valence-electron chi connectivity index (χ0n) is 14.3. The van der Waals surface area contributed by atoms with E-state index in [2.05, 4.69) is 26.2 Å². The van der Waals surface area contributed by atoms with Crippen LogP contribution in [0, 0.1) is 0 Å². The Balaban J connectivity index is 1.66. The molecular weight excluding hydrogens is 428 g/mol. The van der Waals surface area contributed by atoms with Crippen LogP contribution < -0.4 is 15.6 Å². The summed E-state index contributed by atoms with van der Waals surface area (Å²) >= 11 is 4.75. The van der Waals surface area contributed by atoms with E-state index < -0.39 is 0 Å². The third kappa shape index (κ3) is 3.36. The lowest BCUT2D eigenvalue weighted by atomic mass is 10.2. The molecule has 4 rings (SSSR count). The average molecular weight is 443 g/mol. The number of carbonyl (C=O) groups excluding carboxylic acids is 1. The maximum absolute atomic E-state index is 12.7. The molecule has 0 aliphatic carbocycles. The van der Waals surface area contributed by atoms with Crippen molar-refractivity contribution < 1.29 is 9.53 Å². The molecule has 0 unspecified atom stereocenters. The third-order valence-corrected chi connectivity index (χ3v) is 5.96. The minimum Gasteiger partial charge on any atom is -0.496 e. The summed E-state index contributed by atoms with van der Waals surface area (Å²) in [6, 6.07) is 14.9. The monoisotopic (exact) mass is 442 g/mol. The van der Waals surface area contributed by atoms with Crippen molar-refractivity contribution in [3.05, 3.63) is 73.8 Å². The van der Waals surface area contributed by atoms with Crippen LogP contribution in [0.4, 0.5) is 0 Å². The average Bonchev–Trinajstić information content (AvgIpc) is 3.13. The SMILES string of the molecule is COc1ccc(Br)cc1CNC(=O)c1cc2c(=O)[nH]c3ccccc3c2s1. The molecule has 1 amide bonds. The summed E-state index contributed by atoms with van der Waals surface area (Å²) in [5.41, 5.74) is 1.44. The van der Waals surface area contributed by atoms with Crippen LogP contribution in [0.15, 0.2) is 57.8 Å². The smallest absolute Gasteiger partial charge is 0.261 e. The lowest BCUT2D eigenvalue weighted by Gasteiger charge is -2.09. The minimum atomic E-state index is -0.221. The number of benzene rings is 2. The first-order valence-corrected chi connectivity index (χ1v) is 9.83. The number of aromatic nitrogens is 1. The number of amides is 1. The highest BCUT2D eigenvalue weighted by Crippen LogP contribution is 2.29. The fourth-order valence-electron chi connectivity index (χ4n) is 3.00. The largest absolute Gasteiger partial charge is 0.496 e. The first-order valence-electron chi connectivity index (χ1n) is 8.22. The van der Waals surface area contributed by atoms with Crippen molar-refractivity contribution in [3.8, 4) is 5.75 Å². The maximum atomic E-state index is 12.7. The van der Waals surface area contributed by atoms with Crippen LogP contribution in [-0.2, 0) is 6.54 Å². The normalized spacial score (nSPS) is 11.0. The predicted molar refractivity (Wildman–Crippen MR) is 112 cm³/mol. The Bertz CT molecular complexity index is 1230. The Morgan fingerprint density at radius 2 is 2.00 bits per heavy atom. The van der Waals surface area contributed by atoms with E-state index in [1.54, 1.807) is 13.2 Å². The van der Waals surface area contributed by atoms with Crippen LogP contribution in [0.5, 0.6) is 5.75 Å². The highest BCUT2D eigenvalue weighted by atomic mass is 79.9. The number of nitrogens with one attached hydrogen (secondary N) is 2. The van der Waals surface area contributed by atoms with Crippen molar-refractivity contribution in [2.45, 2.75) is 6.54 Å². The van der Waals surface area contributed by atoms with E-state index in [4.69, 9.17) is 4.74 Å². The van der Waals surface area contributed by atoms with Gasteiger partial charge < -0.3 is 15.0 Å². The lowest BCUT2D eigenvalue weighted by molar-refractivity contribution is 0.0955. The summed E-state index contributed by atoms with van der Waals surface area (Å²) in [4.78, 5) is 28.3. The Morgan fingerprint density at radius 1 is 1.19 bits per heavy atom. The number of rotatable bonds is 4. The molecule has 4 aromatic rings. The van der Waals surface area contributed by atoms with Gasteiger partial charge in [-0.25, -0.2) is 0 Å². The molecule has 0 spiro atoms. The van der Waals surface area contributed by atoms with Gasteiger partial charge in [0, 0.05) is 32.2 Å². The first-order chi connectivity index (χ1) is 13.1. The molecule has 0 aliphatic heterocycles. The summed E-state index contributed by atoms with van der Waals surface area (Å²) in [5.74, 6) is 0.485. The van der Waals surface area contributed by atoms with Crippen LogP contribution in [-0.4, -0.2) is 18.0 Å². The van der Waals surface area contributed by atoms with Gasteiger partial charge in [-0.1, -0.05) is 34.1 Å². The number of fused-ring (bicyclic) bond motifs is 3. The molecule has 5 nitrogen and oxygen atoms in total. The number of para-hydroxylation sites is 1. The number of halogens is 1. The fourth-order valence-corrected chi connectivity index (χ4v) is 4.52. The number of ether oxygens (including phenoxy) is 1. The maximum Gasteiger partial charge on any atom is 0.261 e. The molecule has 2 aromatic heterocycles. The molecule has 0 saturated carbocycles. The van der Waals surface area contributed by atoms with E-state index in [-0.39, 0.29) is 11.5 Å². The van der Waals surface area contributed by atoms with Gasteiger partial charge in [0.05, 0.1) is 17.4 Å². The second-order valence-electron chi connectivity index (χ2n) is 5.99. The molecule has 0 fully saturated rings. The topological polar surface area (TPSA) is 71.2 Å². The fraction of sp³-hybridized carbons (Fsp3) is 0.100. The Kier molecular flexibility index (Phi) is 4.72. The quantitative estimate of drug-likeness (QED) is 0.490. The molecule has 0 bridgehead atoms. The zero-order chi connectivity index (χ0) is 19.0. The zero-order valence-corrected chi connectivity index (χ0v) is 16.7. The number of methoxy groups -OCH3 is 1. The van der Waals surface area contributed by atoms with Crippen LogP contribution in [0.2, 0.25) is 0 Å². The summed E-state index contributed by atoms with van der Waals surface area (Å²) in [6.45, 7) is 0.326. The third-order valence-electron chi connectivity index (χ3n) is 4.30. The van der Waals surface area contributed by atoms with Gasteiger partial charge in [-0.15, -0.1) is 11.3 Å². The summed E-state index contributed by atoms with van der Waals surface area (Å²) in [7, 11) is 1.60. The van der Waals surface area contributed by atoms with Gasteiger partial charge in [0.2, 0.25) is 0 Å². The van der Waals surface area contributed by atoms with Crippen molar-refractivity contribution in [2.24, 2.45) is 0 Å². The number of thiophene rings is 1. The molecule has 2 N–H and O–H groups in total. The second kappa shape index (κ2) is 7.17. The Morgan fingerprint density at radius 3 is 2.81 bits per heavy atom. The van der Waals surface area contributed by atoms with Gasteiger partial charge in [0.15, 0.2) is 0 Å². The molecule has 2 aromatic carbocycles. The lowest BCUT2D eigenvalue weighted by Crippen LogP contribution is -2.22. The van der Waals surface area contributed by atoms with E-state index in [1.165, 1.54) is 11.3 Å². The number of aromatic amines is 1. The Labute approximate surface area is 167 Å². The number of pyridine rings is 1. The Hall–Kier alpha value is -2.64. The van der Waals surface area contributed by atoms with Crippen molar-refractivity contribution in [1.29, 1.82) is 0 Å². The van der Waals surface area contributed by atoms with Gasteiger partial charge in [-0.2, -0.15) is 0 Å². The molecule has 0 atom stereocenters. The number of hydrogen-bond donors (Lipinski definition) is 2. The number of hydrogen-bond acceptors (Lipinski definition) is 4. The summed E-state index contributed by atoms with van der Waals surface area (Å²) in [5, 5.41) is 4.37. The van der Waals surface area contributed by atoms with E-state index in [0.717, 1.165) is 25.6 Å². The highest BCUT2D eigenvalue weighted by molar-refractivity contribution is 9.10. The molecular formula is C20H15BrN2O3S. The van der Waals surface area contributed by atoms with E-state index in [0.29, 0.717) is 22.6 Å². The number of carbonyl (C=O) groups is 1. The van der Waals surface area contributed by atoms with Gasteiger partial charge >= 0.3 is 0 Å². The van der Waals surface area contributed by atoms with Gasteiger partial charge in [-0.3, -0.25) is 9.59 Å². The van der Waals surface area contributed by atoms with E-state index >= 15 is 0 Å². The molecule has 136 valence electrons. The first kappa shape index (κ1) is 17.8.